The monoisotopic (exact) mass is 427 g/mol. The zero-order valence-corrected chi connectivity index (χ0v) is 18.2. The molecule has 3 N–H and O–H groups in total. The Morgan fingerprint density at radius 1 is 0.656 bits per heavy atom. The van der Waals surface area contributed by atoms with Gasteiger partial charge in [-0.1, -0.05) is 24.3 Å². The van der Waals surface area contributed by atoms with E-state index in [1.807, 2.05) is 68.1 Å². The lowest BCUT2D eigenvalue weighted by Gasteiger charge is -2.29. The number of hydrogen-bond acceptors (Lipinski definition) is 5. The number of aryl methyl sites for hydroxylation is 3. The number of phenols is 3. The molecule has 5 nitrogen and oxygen atoms in total. The summed E-state index contributed by atoms with van der Waals surface area (Å²) in [7, 11) is 0. The molecule has 0 spiro atoms. The molecule has 162 valence electrons. The number of rotatable bonds is 5. The number of hydrogen-bond donors (Lipinski definition) is 3. The lowest BCUT2D eigenvalue weighted by Crippen LogP contribution is -2.12. The van der Waals surface area contributed by atoms with Crippen LogP contribution in [0.25, 0.3) is 0 Å². The van der Waals surface area contributed by atoms with E-state index >= 15 is 0 Å². The average Bonchev–Trinajstić information content (AvgIpc) is 2.76. The summed E-state index contributed by atoms with van der Waals surface area (Å²) in [6.07, 6.45) is 0. The maximum atomic E-state index is 10.2. The molecule has 0 unspecified atom stereocenters. The molecule has 32 heavy (non-hydrogen) atoms. The number of phenolic OH excluding ortho intramolecular Hbond substituents is 3. The lowest BCUT2D eigenvalue weighted by atomic mass is 10.1. The first-order valence-corrected chi connectivity index (χ1v) is 10.3. The van der Waals surface area contributed by atoms with Gasteiger partial charge in [-0.25, -0.2) is 0 Å². The summed E-state index contributed by atoms with van der Waals surface area (Å²) in [4.78, 5) is 1.97. The maximum absolute atomic E-state index is 10.2. The molecule has 0 saturated heterocycles. The first-order chi connectivity index (χ1) is 15.3. The molecule has 0 aliphatic carbocycles. The second-order valence-electron chi connectivity index (χ2n) is 7.85. The van der Waals surface area contributed by atoms with E-state index in [9.17, 15) is 15.3 Å². The van der Waals surface area contributed by atoms with E-state index in [1.165, 1.54) is 0 Å². The molecule has 0 heterocycles. The predicted octanol–water partition coefficient (Wildman–Crippen LogP) is 6.99. The summed E-state index contributed by atoms with van der Waals surface area (Å²) in [5.74, 6) is 1.27. The number of benzene rings is 4. The highest BCUT2D eigenvalue weighted by Gasteiger charge is 2.19. The van der Waals surface area contributed by atoms with Crippen molar-refractivity contribution < 1.29 is 20.1 Å². The molecule has 0 aromatic heterocycles. The largest absolute Gasteiger partial charge is 0.508 e. The van der Waals surface area contributed by atoms with Gasteiger partial charge in [0.05, 0.1) is 11.4 Å². The van der Waals surface area contributed by atoms with Gasteiger partial charge in [-0.2, -0.15) is 0 Å². The van der Waals surface area contributed by atoms with Crippen molar-refractivity contribution in [1.29, 1.82) is 0 Å². The van der Waals surface area contributed by atoms with Gasteiger partial charge in [-0.05, 0) is 73.9 Å². The van der Waals surface area contributed by atoms with Crippen molar-refractivity contribution in [2.75, 3.05) is 4.90 Å². The minimum absolute atomic E-state index is 0.0607. The first kappa shape index (κ1) is 21.1. The zero-order valence-electron chi connectivity index (χ0n) is 18.2. The summed E-state index contributed by atoms with van der Waals surface area (Å²) in [6.45, 7) is 5.86. The fraction of sp³-hybridized carbons (Fsp3) is 0.111. The summed E-state index contributed by atoms with van der Waals surface area (Å²) >= 11 is 0. The summed E-state index contributed by atoms with van der Waals surface area (Å²) in [5, 5.41) is 30.5. The molecule has 0 atom stereocenters. The smallest absolute Gasteiger partial charge is 0.169 e. The number of aromatic hydroxyl groups is 3. The highest BCUT2D eigenvalue weighted by Crippen LogP contribution is 2.42. The minimum Gasteiger partial charge on any atom is -0.508 e. The van der Waals surface area contributed by atoms with Gasteiger partial charge in [0.15, 0.2) is 11.5 Å². The van der Waals surface area contributed by atoms with Crippen LogP contribution < -0.4 is 9.64 Å². The Balaban J connectivity index is 1.85. The van der Waals surface area contributed by atoms with Gasteiger partial charge in [0.1, 0.15) is 17.2 Å². The Bertz CT molecular complexity index is 1230. The van der Waals surface area contributed by atoms with Crippen LogP contribution in [0.5, 0.6) is 28.7 Å². The maximum Gasteiger partial charge on any atom is 0.169 e. The van der Waals surface area contributed by atoms with Crippen LogP contribution in [0.1, 0.15) is 16.7 Å². The van der Waals surface area contributed by atoms with Crippen molar-refractivity contribution in [3.05, 3.63) is 95.6 Å². The SMILES string of the molecule is Cc1ccc(O)c(Oc2cccc(N(c3cc(O)ccc3C)c3cc(O)ccc3C)c2)c1. The van der Waals surface area contributed by atoms with Crippen LogP contribution >= 0.6 is 0 Å². The Labute approximate surface area is 187 Å². The van der Waals surface area contributed by atoms with E-state index in [0.717, 1.165) is 33.8 Å². The quantitative estimate of drug-likeness (QED) is 0.320. The van der Waals surface area contributed by atoms with E-state index in [1.54, 1.807) is 36.4 Å². The van der Waals surface area contributed by atoms with Crippen LogP contribution in [-0.2, 0) is 0 Å². The first-order valence-electron chi connectivity index (χ1n) is 10.3. The number of nitrogens with zero attached hydrogens (tertiary/aromatic N) is 1. The summed E-state index contributed by atoms with van der Waals surface area (Å²) < 4.78 is 5.99. The molecule has 0 amide bonds. The van der Waals surface area contributed by atoms with Gasteiger partial charge in [0, 0.05) is 23.9 Å². The van der Waals surface area contributed by atoms with Crippen molar-refractivity contribution in [2.24, 2.45) is 0 Å². The molecular formula is C27H25NO4. The zero-order chi connectivity index (χ0) is 22.8. The third kappa shape index (κ3) is 4.32. The highest BCUT2D eigenvalue weighted by atomic mass is 16.5. The molecule has 4 rings (SSSR count). The second-order valence-corrected chi connectivity index (χ2v) is 7.85. The van der Waals surface area contributed by atoms with Gasteiger partial charge in [-0.15, -0.1) is 0 Å². The van der Waals surface area contributed by atoms with Crippen molar-refractivity contribution in [1.82, 2.24) is 0 Å². The van der Waals surface area contributed by atoms with E-state index in [0.29, 0.717) is 11.5 Å². The van der Waals surface area contributed by atoms with E-state index in [2.05, 4.69) is 0 Å². The van der Waals surface area contributed by atoms with Gasteiger partial charge >= 0.3 is 0 Å². The summed E-state index contributed by atoms with van der Waals surface area (Å²) in [5.41, 5.74) is 5.20. The molecule has 0 saturated carbocycles. The number of ether oxygens (including phenoxy) is 1. The van der Waals surface area contributed by atoms with E-state index in [-0.39, 0.29) is 17.2 Å². The topological polar surface area (TPSA) is 73.2 Å². The van der Waals surface area contributed by atoms with Crippen molar-refractivity contribution in [3.8, 4) is 28.7 Å². The van der Waals surface area contributed by atoms with E-state index < -0.39 is 0 Å². The third-order valence-corrected chi connectivity index (χ3v) is 5.29. The average molecular weight is 428 g/mol. The van der Waals surface area contributed by atoms with Crippen molar-refractivity contribution in [3.63, 3.8) is 0 Å². The van der Waals surface area contributed by atoms with Crippen LogP contribution in [0.4, 0.5) is 17.1 Å². The molecule has 0 fully saturated rings. The standard InChI is InChI=1S/C27H25NO4/c1-17-7-12-26(31)27(13-17)32-23-6-4-5-20(14-23)28(24-15-21(29)10-8-18(24)2)25-16-22(30)11-9-19(25)3/h4-16,29-31H,1-3H3. The second kappa shape index (κ2) is 8.55. The van der Waals surface area contributed by atoms with Crippen molar-refractivity contribution >= 4 is 17.1 Å². The highest BCUT2D eigenvalue weighted by molar-refractivity contribution is 5.81. The predicted molar refractivity (Wildman–Crippen MR) is 127 cm³/mol. The van der Waals surface area contributed by atoms with Gasteiger partial charge in [0.2, 0.25) is 0 Å². The van der Waals surface area contributed by atoms with E-state index in [4.69, 9.17) is 4.74 Å². The normalized spacial score (nSPS) is 10.7. The Hall–Kier alpha value is -4.12. The Morgan fingerprint density at radius 3 is 1.91 bits per heavy atom. The van der Waals surface area contributed by atoms with Crippen LogP contribution in [-0.4, -0.2) is 15.3 Å². The van der Waals surface area contributed by atoms with Crippen molar-refractivity contribution in [2.45, 2.75) is 20.8 Å². The molecule has 0 radical (unpaired) electrons. The third-order valence-electron chi connectivity index (χ3n) is 5.29. The van der Waals surface area contributed by atoms with Crippen LogP contribution in [0.3, 0.4) is 0 Å². The lowest BCUT2D eigenvalue weighted by molar-refractivity contribution is 0.411. The van der Waals surface area contributed by atoms with Gasteiger partial charge in [0.25, 0.3) is 0 Å². The molecule has 4 aromatic carbocycles. The molecule has 0 aliphatic rings. The fourth-order valence-electron chi connectivity index (χ4n) is 3.60. The van der Waals surface area contributed by atoms with Gasteiger partial charge < -0.3 is 25.0 Å². The molecule has 5 heteroatoms. The minimum atomic E-state index is 0.0607. The fourth-order valence-corrected chi connectivity index (χ4v) is 3.60. The van der Waals surface area contributed by atoms with Gasteiger partial charge in [-0.3, -0.25) is 0 Å². The van der Waals surface area contributed by atoms with Crippen LogP contribution in [0.15, 0.2) is 78.9 Å². The van der Waals surface area contributed by atoms with Crippen LogP contribution in [0.2, 0.25) is 0 Å². The molecule has 0 aliphatic heterocycles. The Kier molecular flexibility index (Phi) is 5.65. The number of anilines is 3. The summed E-state index contributed by atoms with van der Waals surface area (Å²) in [6, 6.07) is 23.0. The molecule has 0 bridgehead atoms. The molecule has 4 aromatic rings. The van der Waals surface area contributed by atoms with Crippen LogP contribution in [0, 0.1) is 20.8 Å². The molecular weight excluding hydrogens is 402 g/mol. The Morgan fingerprint density at radius 2 is 1.28 bits per heavy atom.